The van der Waals surface area contributed by atoms with Crippen LogP contribution in [0.15, 0.2) is 24.3 Å². The van der Waals surface area contributed by atoms with E-state index in [-0.39, 0.29) is 11.9 Å². The largest absolute Gasteiger partial charge is 0.369 e. The quantitative estimate of drug-likeness (QED) is 0.820. The van der Waals surface area contributed by atoms with Crippen molar-refractivity contribution in [1.29, 1.82) is 0 Å². The normalized spacial score (nSPS) is 12.2. The van der Waals surface area contributed by atoms with Crippen LogP contribution in [0.2, 0.25) is 0 Å². The van der Waals surface area contributed by atoms with Gasteiger partial charge in [0.25, 0.3) is 5.91 Å². The van der Waals surface area contributed by atoms with Crippen molar-refractivity contribution < 1.29 is 9.53 Å². The van der Waals surface area contributed by atoms with Gasteiger partial charge in [0.15, 0.2) is 0 Å². The molecule has 3 N–H and O–H groups in total. The molecule has 4 nitrogen and oxygen atoms in total. The van der Waals surface area contributed by atoms with Gasteiger partial charge in [-0.1, -0.05) is 24.0 Å². The summed E-state index contributed by atoms with van der Waals surface area (Å²) in [5.41, 5.74) is 6.40. The van der Waals surface area contributed by atoms with Crippen LogP contribution >= 0.6 is 0 Å². The first-order valence-electron chi connectivity index (χ1n) is 6.55. The number of rotatable bonds is 4. The van der Waals surface area contributed by atoms with E-state index in [0.717, 1.165) is 11.1 Å². The van der Waals surface area contributed by atoms with Gasteiger partial charge in [-0.25, -0.2) is 0 Å². The number of benzene rings is 1. The van der Waals surface area contributed by atoms with Crippen LogP contribution in [0.5, 0.6) is 0 Å². The molecule has 0 aliphatic rings. The standard InChI is InChI=1S/C16H22N2O2/c1-12(18-15(19)16(2,3)20-4)14-9-5-7-13(11-14)8-6-10-17/h5,7,9,11-12H,10,17H2,1-4H3,(H,18,19). The summed E-state index contributed by atoms with van der Waals surface area (Å²) in [5, 5.41) is 2.93. The Bertz CT molecular complexity index is 527. The lowest BCUT2D eigenvalue weighted by Crippen LogP contribution is -2.44. The van der Waals surface area contributed by atoms with Gasteiger partial charge in [0.1, 0.15) is 5.60 Å². The van der Waals surface area contributed by atoms with Crippen molar-refractivity contribution in [3.8, 4) is 11.8 Å². The first-order valence-corrected chi connectivity index (χ1v) is 6.55. The number of nitrogens with two attached hydrogens (primary N) is 1. The summed E-state index contributed by atoms with van der Waals surface area (Å²) in [6.07, 6.45) is 0. The van der Waals surface area contributed by atoms with E-state index >= 15 is 0 Å². The molecule has 0 aliphatic carbocycles. The highest BCUT2D eigenvalue weighted by molar-refractivity contribution is 5.84. The Morgan fingerprint density at radius 2 is 2.20 bits per heavy atom. The zero-order valence-corrected chi connectivity index (χ0v) is 12.5. The summed E-state index contributed by atoms with van der Waals surface area (Å²) < 4.78 is 5.16. The van der Waals surface area contributed by atoms with Gasteiger partial charge in [-0.2, -0.15) is 0 Å². The Morgan fingerprint density at radius 1 is 1.50 bits per heavy atom. The number of hydrogen-bond donors (Lipinski definition) is 2. The summed E-state index contributed by atoms with van der Waals surface area (Å²) in [7, 11) is 1.52. The highest BCUT2D eigenvalue weighted by atomic mass is 16.5. The molecule has 108 valence electrons. The van der Waals surface area contributed by atoms with Gasteiger partial charge < -0.3 is 15.8 Å². The number of methoxy groups -OCH3 is 1. The molecule has 1 aromatic rings. The van der Waals surface area contributed by atoms with Gasteiger partial charge in [0.2, 0.25) is 0 Å². The third-order valence-corrected chi connectivity index (χ3v) is 3.13. The first kappa shape index (κ1) is 16.2. The van der Waals surface area contributed by atoms with E-state index in [2.05, 4.69) is 17.2 Å². The molecule has 20 heavy (non-hydrogen) atoms. The summed E-state index contributed by atoms with van der Waals surface area (Å²) in [6, 6.07) is 7.63. The number of ether oxygens (including phenoxy) is 1. The minimum absolute atomic E-state index is 0.114. The van der Waals surface area contributed by atoms with E-state index in [1.54, 1.807) is 13.8 Å². The molecule has 1 amide bonds. The van der Waals surface area contributed by atoms with Crippen LogP contribution in [0, 0.1) is 11.8 Å². The highest BCUT2D eigenvalue weighted by Gasteiger charge is 2.28. The molecule has 0 aromatic heterocycles. The van der Waals surface area contributed by atoms with E-state index in [4.69, 9.17) is 10.5 Å². The first-order chi connectivity index (χ1) is 9.40. The number of nitrogens with one attached hydrogen (secondary N) is 1. The molecule has 0 bridgehead atoms. The zero-order valence-electron chi connectivity index (χ0n) is 12.5. The van der Waals surface area contributed by atoms with Crippen molar-refractivity contribution in [2.45, 2.75) is 32.4 Å². The number of hydrogen-bond acceptors (Lipinski definition) is 3. The summed E-state index contributed by atoms with van der Waals surface area (Å²) in [5.74, 6) is 5.65. The fourth-order valence-electron chi connectivity index (χ4n) is 1.59. The second-order valence-electron chi connectivity index (χ2n) is 5.04. The van der Waals surface area contributed by atoms with Crippen molar-refractivity contribution >= 4 is 5.91 Å². The Kier molecular flexibility index (Phi) is 5.75. The van der Waals surface area contributed by atoms with Gasteiger partial charge in [0.05, 0.1) is 12.6 Å². The van der Waals surface area contributed by atoms with Gasteiger partial charge in [-0.15, -0.1) is 0 Å². The molecular formula is C16H22N2O2. The molecule has 1 aromatic carbocycles. The predicted molar refractivity (Wildman–Crippen MR) is 80.0 cm³/mol. The monoisotopic (exact) mass is 274 g/mol. The van der Waals surface area contributed by atoms with E-state index in [9.17, 15) is 4.79 Å². The van der Waals surface area contributed by atoms with Crippen molar-refractivity contribution in [3.63, 3.8) is 0 Å². The van der Waals surface area contributed by atoms with Crippen LogP contribution < -0.4 is 11.1 Å². The molecule has 0 saturated heterocycles. The molecule has 0 fully saturated rings. The minimum Gasteiger partial charge on any atom is -0.369 e. The average molecular weight is 274 g/mol. The highest BCUT2D eigenvalue weighted by Crippen LogP contribution is 2.16. The molecular weight excluding hydrogens is 252 g/mol. The molecule has 0 aliphatic heterocycles. The predicted octanol–water partition coefficient (Wildman–Crippen LogP) is 1.60. The Balaban J connectivity index is 2.82. The van der Waals surface area contributed by atoms with E-state index in [1.165, 1.54) is 7.11 Å². The van der Waals surface area contributed by atoms with Crippen molar-refractivity contribution in [2.24, 2.45) is 5.73 Å². The van der Waals surface area contributed by atoms with E-state index in [1.807, 2.05) is 31.2 Å². The number of amides is 1. The fraction of sp³-hybridized carbons (Fsp3) is 0.438. The number of carbonyl (C=O) groups is 1. The smallest absolute Gasteiger partial charge is 0.252 e. The topological polar surface area (TPSA) is 64.3 Å². The lowest BCUT2D eigenvalue weighted by molar-refractivity contribution is -0.140. The average Bonchev–Trinajstić information content (AvgIpc) is 2.45. The van der Waals surface area contributed by atoms with Crippen LogP contribution in [-0.2, 0) is 9.53 Å². The van der Waals surface area contributed by atoms with E-state index < -0.39 is 5.60 Å². The lowest BCUT2D eigenvalue weighted by Gasteiger charge is -2.24. The van der Waals surface area contributed by atoms with E-state index in [0.29, 0.717) is 6.54 Å². The van der Waals surface area contributed by atoms with Crippen molar-refractivity contribution in [3.05, 3.63) is 35.4 Å². The summed E-state index contributed by atoms with van der Waals surface area (Å²) in [6.45, 7) is 5.73. The number of carbonyl (C=O) groups excluding carboxylic acids is 1. The zero-order chi connectivity index (χ0) is 15.2. The lowest BCUT2D eigenvalue weighted by atomic mass is 10.0. The van der Waals surface area contributed by atoms with Gasteiger partial charge in [-0.05, 0) is 38.5 Å². The molecule has 0 saturated carbocycles. The van der Waals surface area contributed by atoms with Crippen LogP contribution in [0.1, 0.15) is 37.9 Å². The maximum absolute atomic E-state index is 12.1. The van der Waals surface area contributed by atoms with Crippen molar-refractivity contribution in [1.82, 2.24) is 5.32 Å². The molecule has 1 atom stereocenters. The van der Waals surface area contributed by atoms with Gasteiger partial charge in [0, 0.05) is 12.7 Å². The second kappa shape index (κ2) is 7.09. The molecule has 1 unspecified atom stereocenters. The SMILES string of the molecule is COC(C)(C)C(=O)NC(C)c1cccc(C#CCN)c1. The maximum Gasteiger partial charge on any atom is 0.252 e. The molecule has 0 spiro atoms. The van der Waals surface area contributed by atoms with Crippen molar-refractivity contribution in [2.75, 3.05) is 13.7 Å². The minimum atomic E-state index is -0.842. The van der Waals surface area contributed by atoms with Gasteiger partial charge in [-0.3, -0.25) is 4.79 Å². The molecule has 4 heteroatoms. The third-order valence-electron chi connectivity index (χ3n) is 3.13. The molecule has 1 rings (SSSR count). The Hall–Kier alpha value is -1.83. The van der Waals surface area contributed by atoms with Crippen LogP contribution in [0.4, 0.5) is 0 Å². The maximum atomic E-state index is 12.1. The van der Waals surface area contributed by atoms with Crippen LogP contribution in [0.25, 0.3) is 0 Å². The summed E-state index contributed by atoms with van der Waals surface area (Å²) in [4.78, 5) is 12.1. The van der Waals surface area contributed by atoms with Crippen LogP contribution in [0.3, 0.4) is 0 Å². The Labute approximate surface area is 120 Å². The van der Waals surface area contributed by atoms with Gasteiger partial charge >= 0.3 is 0 Å². The Morgan fingerprint density at radius 3 is 2.80 bits per heavy atom. The second-order valence-corrected chi connectivity index (χ2v) is 5.04. The third kappa shape index (κ3) is 4.37. The molecule has 0 radical (unpaired) electrons. The molecule has 0 heterocycles. The fourth-order valence-corrected chi connectivity index (χ4v) is 1.59. The summed E-state index contributed by atoms with van der Waals surface area (Å²) >= 11 is 0. The van der Waals surface area contributed by atoms with Crippen LogP contribution in [-0.4, -0.2) is 25.2 Å².